The fourth-order valence-electron chi connectivity index (χ4n) is 3.05. The quantitative estimate of drug-likeness (QED) is 0.521. The highest BCUT2D eigenvalue weighted by atomic mass is 16.6. The molecule has 0 aliphatic heterocycles. The molecule has 0 fully saturated rings. The van der Waals surface area contributed by atoms with Crippen LogP contribution in [-0.4, -0.2) is 11.9 Å². The van der Waals surface area contributed by atoms with Gasteiger partial charge in [0.25, 0.3) is 0 Å². The first kappa shape index (κ1) is 17.7. The number of fused-ring (bicyclic) bond motifs is 1. The van der Waals surface area contributed by atoms with E-state index in [4.69, 9.17) is 9.47 Å². The van der Waals surface area contributed by atoms with Crippen LogP contribution in [-0.2, 0) is 0 Å². The Hall–Kier alpha value is -3.66. The van der Waals surface area contributed by atoms with Gasteiger partial charge in [-0.15, -0.1) is 0 Å². The lowest BCUT2D eigenvalue weighted by Crippen LogP contribution is -2.28. The summed E-state index contributed by atoms with van der Waals surface area (Å²) < 4.78 is 11.2. The molecule has 3 aromatic rings. The van der Waals surface area contributed by atoms with E-state index in [0.29, 0.717) is 11.1 Å². The van der Waals surface area contributed by atoms with Gasteiger partial charge in [-0.1, -0.05) is 48.6 Å². The molecule has 0 amide bonds. The van der Waals surface area contributed by atoms with Gasteiger partial charge in [-0.2, -0.15) is 0 Å². The van der Waals surface area contributed by atoms with E-state index in [9.17, 15) is 9.59 Å². The number of hydrogen-bond acceptors (Lipinski definition) is 4. The van der Waals surface area contributed by atoms with Gasteiger partial charge in [-0.05, 0) is 59.7 Å². The zero-order chi connectivity index (χ0) is 19.3. The van der Waals surface area contributed by atoms with Gasteiger partial charge in [0, 0.05) is 0 Å². The van der Waals surface area contributed by atoms with Crippen LogP contribution in [0.4, 0.5) is 0 Å². The first-order valence-corrected chi connectivity index (χ1v) is 9.09. The maximum Gasteiger partial charge on any atom is 0.343 e. The van der Waals surface area contributed by atoms with Crippen LogP contribution in [0.1, 0.15) is 33.6 Å². The molecule has 0 unspecified atom stereocenters. The van der Waals surface area contributed by atoms with Crippen molar-refractivity contribution < 1.29 is 19.1 Å². The van der Waals surface area contributed by atoms with Crippen molar-refractivity contribution in [2.24, 2.45) is 0 Å². The molecular weight excluding hydrogens is 352 g/mol. The molecule has 4 rings (SSSR count). The van der Waals surface area contributed by atoms with E-state index >= 15 is 0 Å². The van der Waals surface area contributed by atoms with E-state index in [2.05, 4.69) is 12.2 Å². The summed E-state index contributed by atoms with van der Waals surface area (Å²) in [5.74, 6) is -0.554. The summed E-state index contributed by atoms with van der Waals surface area (Å²) in [5, 5.41) is 1.92. The van der Waals surface area contributed by atoms with Crippen molar-refractivity contribution in [3.05, 3.63) is 94.4 Å². The largest absolute Gasteiger partial charge is 0.419 e. The second-order valence-electron chi connectivity index (χ2n) is 6.42. The van der Waals surface area contributed by atoms with Crippen LogP contribution in [0.25, 0.3) is 12.2 Å². The van der Waals surface area contributed by atoms with E-state index in [1.807, 2.05) is 12.1 Å². The number of ether oxygens (including phenoxy) is 2. The van der Waals surface area contributed by atoms with Crippen LogP contribution in [0, 0.1) is 0 Å². The molecule has 4 nitrogen and oxygen atoms in total. The fraction of sp³-hybridized carbons (Fsp3) is 0.0833. The fourth-order valence-corrected chi connectivity index (χ4v) is 3.05. The smallest absolute Gasteiger partial charge is 0.343 e. The summed E-state index contributed by atoms with van der Waals surface area (Å²) in [5.41, 5.74) is 0.854. The number of benzene rings is 3. The summed E-state index contributed by atoms with van der Waals surface area (Å²) in [4.78, 5) is 25.0. The van der Waals surface area contributed by atoms with Crippen LogP contribution in [0.15, 0.2) is 72.8 Å². The normalized spacial score (nSPS) is 12.1. The van der Waals surface area contributed by atoms with E-state index in [-0.39, 0.29) is 11.5 Å². The first-order valence-electron chi connectivity index (χ1n) is 9.09. The zero-order valence-electron chi connectivity index (χ0n) is 15.1. The average Bonchev–Trinajstić information content (AvgIpc) is 2.75. The Kier molecular flexibility index (Phi) is 5.02. The van der Waals surface area contributed by atoms with Crippen LogP contribution < -0.4 is 19.9 Å². The number of carbonyl (C=O) groups excluding carboxylic acids is 2. The Labute approximate surface area is 162 Å². The number of rotatable bonds is 4. The van der Waals surface area contributed by atoms with Gasteiger partial charge in [-0.3, -0.25) is 0 Å². The van der Waals surface area contributed by atoms with Crippen LogP contribution in [0.3, 0.4) is 0 Å². The number of hydrogen-bond donors (Lipinski definition) is 0. The lowest BCUT2D eigenvalue weighted by Gasteiger charge is -2.12. The van der Waals surface area contributed by atoms with E-state index < -0.39 is 11.9 Å². The molecule has 28 heavy (non-hydrogen) atoms. The van der Waals surface area contributed by atoms with Gasteiger partial charge >= 0.3 is 11.9 Å². The molecule has 0 bridgehead atoms. The predicted octanol–water partition coefficient (Wildman–Crippen LogP) is 3.48. The Bertz CT molecular complexity index is 1040. The Balaban J connectivity index is 1.70. The molecule has 0 N–H and O–H groups in total. The van der Waals surface area contributed by atoms with Crippen LogP contribution in [0.5, 0.6) is 11.5 Å². The van der Waals surface area contributed by atoms with Gasteiger partial charge in [-0.25, -0.2) is 9.59 Å². The van der Waals surface area contributed by atoms with Crippen molar-refractivity contribution in [1.29, 1.82) is 0 Å². The van der Waals surface area contributed by atoms with Gasteiger partial charge in [0.1, 0.15) is 0 Å². The van der Waals surface area contributed by atoms with Crippen LogP contribution in [0.2, 0.25) is 0 Å². The highest BCUT2D eigenvalue weighted by Crippen LogP contribution is 2.26. The van der Waals surface area contributed by atoms with Crippen molar-refractivity contribution in [2.75, 3.05) is 0 Å². The minimum absolute atomic E-state index is 0.225. The molecule has 0 atom stereocenters. The highest BCUT2D eigenvalue weighted by Gasteiger charge is 2.17. The Morgan fingerprint density at radius 2 is 1.00 bits per heavy atom. The third-order valence-electron chi connectivity index (χ3n) is 4.47. The highest BCUT2D eigenvalue weighted by molar-refractivity contribution is 5.93. The molecule has 0 saturated carbocycles. The van der Waals surface area contributed by atoms with E-state index in [1.54, 1.807) is 60.7 Å². The van der Waals surface area contributed by atoms with Crippen molar-refractivity contribution in [1.82, 2.24) is 0 Å². The molecule has 0 spiro atoms. The molecule has 0 heterocycles. The zero-order valence-corrected chi connectivity index (χ0v) is 15.1. The summed E-state index contributed by atoms with van der Waals surface area (Å²) >= 11 is 0. The average molecular weight is 370 g/mol. The molecular formula is C24H18O4. The second-order valence-corrected chi connectivity index (χ2v) is 6.42. The third-order valence-corrected chi connectivity index (χ3v) is 4.47. The van der Waals surface area contributed by atoms with Gasteiger partial charge < -0.3 is 9.47 Å². The molecule has 138 valence electrons. The van der Waals surface area contributed by atoms with E-state index in [0.717, 1.165) is 23.3 Å². The van der Waals surface area contributed by atoms with E-state index in [1.165, 1.54) is 0 Å². The predicted molar refractivity (Wildman–Crippen MR) is 107 cm³/mol. The van der Waals surface area contributed by atoms with Gasteiger partial charge in [0.15, 0.2) is 11.5 Å². The van der Waals surface area contributed by atoms with Crippen molar-refractivity contribution >= 4 is 24.1 Å². The molecule has 1 aliphatic rings. The molecule has 1 aliphatic carbocycles. The maximum absolute atomic E-state index is 12.5. The molecule has 0 saturated heterocycles. The molecule has 0 aromatic heterocycles. The minimum Gasteiger partial charge on any atom is -0.419 e. The minimum atomic E-state index is -0.502. The molecule has 4 heteroatoms. The summed E-state index contributed by atoms with van der Waals surface area (Å²) in [7, 11) is 0. The Morgan fingerprint density at radius 3 is 1.39 bits per heavy atom. The summed E-state index contributed by atoms with van der Waals surface area (Å²) in [6.07, 6.45) is 6.00. The number of carbonyl (C=O) groups is 2. The number of esters is 2. The SMILES string of the molecule is O=C(Oc1cc2c(cc1OC(=O)c1ccccc1)=CCCC=2)c1ccccc1. The third kappa shape index (κ3) is 3.86. The lowest BCUT2D eigenvalue weighted by atomic mass is 10.1. The van der Waals surface area contributed by atoms with Crippen molar-refractivity contribution in [3.63, 3.8) is 0 Å². The maximum atomic E-state index is 12.5. The van der Waals surface area contributed by atoms with Crippen molar-refractivity contribution in [3.8, 4) is 11.5 Å². The van der Waals surface area contributed by atoms with Crippen molar-refractivity contribution in [2.45, 2.75) is 12.8 Å². The van der Waals surface area contributed by atoms with Gasteiger partial charge in [0.2, 0.25) is 0 Å². The lowest BCUT2D eigenvalue weighted by molar-refractivity contribution is 0.0682. The molecule has 0 radical (unpaired) electrons. The van der Waals surface area contributed by atoms with Gasteiger partial charge in [0.05, 0.1) is 11.1 Å². The topological polar surface area (TPSA) is 52.6 Å². The standard InChI is InChI=1S/C24H18O4/c25-23(17-9-3-1-4-10-17)27-21-15-19-13-7-8-14-20(19)16-22(21)28-24(26)18-11-5-2-6-12-18/h1-6,9-16H,7-8H2. The first-order chi connectivity index (χ1) is 13.7. The summed E-state index contributed by atoms with van der Waals surface area (Å²) in [6.45, 7) is 0. The summed E-state index contributed by atoms with van der Waals surface area (Å²) in [6, 6.07) is 20.9. The van der Waals surface area contributed by atoms with Crippen LogP contribution >= 0.6 is 0 Å². The second kappa shape index (κ2) is 7.92. The Morgan fingerprint density at radius 1 is 0.607 bits per heavy atom. The monoisotopic (exact) mass is 370 g/mol. The molecule has 3 aromatic carbocycles.